The van der Waals surface area contributed by atoms with E-state index in [9.17, 15) is 24.0 Å². The van der Waals surface area contributed by atoms with E-state index in [0.717, 1.165) is 5.56 Å². The summed E-state index contributed by atoms with van der Waals surface area (Å²) in [5, 5.41) is 20.5. The standard InChI is InChI=1S/C39H39ClFN13O7/c1-19(34(56)47-28-16-53(15-26(28)41)38-49-32(31-33(50-38)52(2)18-43-31)46-27-13-44-51-36(27)60-3)17-61-24-10-22(40)9-23(11-24)45-39(59)42-12-20-4-5-25-21(8-20)14-54(37(25)58)29-6-7-30(55)48-35(29)57/h4-5,8-11,13,18,26,28-29H,1,6-7,12,14-17H2,2-3H3,(H,44,51)(H,47,56)(H2,42,45,59)(H,46,49,50)(H,48,55,57)/t26-,28-,29?/m1/s1. The minimum atomic E-state index is -1.45. The Morgan fingerprint density at radius 2 is 1.95 bits per heavy atom. The number of nitrogens with one attached hydrogen (secondary N) is 6. The Kier molecular flexibility index (Phi) is 11.1. The third-order valence-corrected chi connectivity index (χ3v) is 10.6. The van der Waals surface area contributed by atoms with E-state index in [4.69, 9.17) is 21.1 Å². The van der Waals surface area contributed by atoms with Crippen molar-refractivity contribution in [3.05, 3.63) is 82.8 Å². The number of hydrogen-bond acceptors (Lipinski definition) is 13. The number of aromatic amines is 1. The van der Waals surface area contributed by atoms with Gasteiger partial charge in [0.25, 0.3) is 5.91 Å². The molecule has 2 fully saturated rings. The highest BCUT2D eigenvalue weighted by atomic mass is 35.5. The second kappa shape index (κ2) is 16.8. The van der Waals surface area contributed by atoms with Gasteiger partial charge in [0.2, 0.25) is 29.5 Å². The third-order valence-electron chi connectivity index (χ3n) is 10.4. The van der Waals surface area contributed by atoms with Crippen LogP contribution in [0.2, 0.25) is 5.02 Å². The van der Waals surface area contributed by atoms with E-state index in [1.165, 1.54) is 36.4 Å². The van der Waals surface area contributed by atoms with E-state index in [1.54, 1.807) is 41.0 Å². The van der Waals surface area contributed by atoms with Crippen molar-refractivity contribution >= 4 is 75.6 Å². The number of methoxy groups -OCH3 is 1. The van der Waals surface area contributed by atoms with Crippen molar-refractivity contribution in [2.75, 3.05) is 42.3 Å². The van der Waals surface area contributed by atoms with Gasteiger partial charge in [0.1, 0.15) is 30.3 Å². The van der Waals surface area contributed by atoms with Crippen molar-refractivity contribution in [3.8, 4) is 11.6 Å². The molecule has 3 atom stereocenters. The number of imidazole rings is 1. The molecular weight excluding hydrogens is 817 g/mol. The van der Waals surface area contributed by atoms with E-state index in [1.807, 2.05) is 0 Å². The highest BCUT2D eigenvalue weighted by Crippen LogP contribution is 2.31. The Bertz CT molecular complexity index is 2600. The number of carbonyl (C=O) groups is 5. The Morgan fingerprint density at radius 1 is 1.11 bits per heavy atom. The number of aromatic nitrogens is 6. The average molecular weight is 856 g/mol. The van der Waals surface area contributed by atoms with Gasteiger partial charge in [0.05, 0.1) is 32.2 Å². The SMILES string of the molecule is C=C(COc1cc(Cl)cc(NC(=O)NCc2ccc3c(c2)CN(C2CCC(=O)NC2=O)C3=O)c1)C(=O)N[C@@H]1CN(c2nc(Nc3cn[nH]c3OC)c3ncn(C)c3n2)C[C@H]1F. The van der Waals surface area contributed by atoms with E-state index < -0.39 is 36.1 Å². The number of hydrogen-bond donors (Lipinski definition) is 6. The summed E-state index contributed by atoms with van der Waals surface area (Å²) in [4.78, 5) is 79.7. The van der Waals surface area contributed by atoms with Crippen molar-refractivity contribution in [1.82, 2.24) is 50.6 Å². The van der Waals surface area contributed by atoms with Crippen molar-refractivity contribution in [2.24, 2.45) is 7.05 Å². The molecule has 20 nitrogen and oxygen atoms in total. The van der Waals surface area contributed by atoms with Gasteiger partial charge in [-0.3, -0.25) is 24.5 Å². The van der Waals surface area contributed by atoms with Crippen LogP contribution in [0, 0.1) is 0 Å². The number of ether oxygens (including phenoxy) is 2. The summed E-state index contributed by atoms with van der Waals surface area (Å²) in [6.45, 7) is 3.87. The number of anilines is 4. The molecule has 2 saturated heterocycles. The lowest BCUT2D eigenvalue weighted by Gasteiger charge is -2.29. The minimum Gasteiger partial charge on any atom is -0.489 e. The summed E-state index contributed by atoms with van der Waals surface area (Å²) in [7, 11) is 3.27. The molecule has 5 aromatic rings. The molecule has 0 spiro atoms. The van der Waals surface area contributed by atoms with Crippen LogP contribution in [-0.2, 0) is 34.5 Å². The maximum absolute atomic E-state index is 15.4. The Hall–Kier alpha value is -7.29. The van der Waals surface area contributed by atoms with Gasteiger partial charge in [0.15, 0.2) is 17.0 Å². The molecule has 0 bridgehead atoms. The molecular formula is C39H39ClFN13O7. The maximum Gasteiger partial charge on any atom is 0.319 e. The summed E-state index contributed by atoms with van der Waals surface area (Å²) in [6, 6.07) is 7.48. The van der Waals surface area contributed by atoms with Gasteiger partial charge in [-0.15, -0.1) is 0 Å². The Balaban J connectivity index is 0.827. The highest BCUT2D eigenvalue weighted by Gasteiger charge is 2.39. The minimum absolute atomic E-state index is 0.0160. The first-order valence-corrected chi connectivity index (χ1v) is 19.4. The molecule has 2 aromatic carbocycles. The van der Waals surface area contributed by atoms with E-state index >= 15 is 4.39 Å². The molecule has 0 radical (unpaired) electrons. The summed E-state index contributed by atoms with van der Waals surface area (Å²) in [5.74, 6) is -0.569. The van der Waals surface area contributed by atoms with Gasteiger partial charge in [-0.05, 0) is 35.7 Å². The van der Waals surface area contributed by atoms with E-state index in [-0.39, 0.29) is 79.7 Å². The lowest BCUT2D eigenvalue weighted by molar-refractivity contribution is -0.137. The predicted molar refractivity (Wildman–Crippen MR) is 218 cm³/mol. The van der Waals surface area contributed by atoms with Gasteiger partial charge >= 0.3 is 6.03 Å². The van der Waals surface area contributed by atoms with Crippen LogP contribution < -0.4 is 41.0 Å². The first-order valence-electron chi connectivity index (χ1n) is 19.0. The molecule has 3 aromatic heterocycles. The first kappa shape index (κ1) is 40.5. The largest absolute Gasteiger partial charge is 0.489 e. The predicted octanol–water partition coefficient (Wildman–Crippen LogP) is 2.85. The van der Waals surface area contributed by atoms with Gasteiger partial charge in [-0.1, -0.05) is 30.3 Å². The number of rotatable bonds is 13. The third kappa shape index (κ3) is 8.58. The summed E-state index contributed by atoms with van der Waals surface area (Å²) in [6.07, 6.45) is 2.08. The number of fused-ring (bicyclic) bond motifs is 2. The smallest absolute Gasteiger partial charge is 0.319 e. The molecule has 316 valence electrons. The molecule has 22 heteroatoms. The van der Waals surface area contributed by atoms with E-state index in [2.05, 4.69) is 58.3 Å². The molecule has 3 aliphatic rings. The number of nitrogens with zero attached hydrogens (tertiary/aromatic N) is 7. The number of urea groups is 1. The topological polar surface area (TPSA) is 243 Å². The molecule has 0 saturated carbocycles. The zero-order valence-electron chi connectivity index (χ0n) is 32.8. The first-order chi connectivity index (χ1) is 29.3. The summed E-state index contributed by atoms with van der Waals surface area (Å²) in [5.41, 5.74) is 3.70. The number of benzene rings is 2. The van der Waals surface area contributed by atoms with Crippen molar-refractivity contribution in [3.63, 3.8) is 0 Å². The number of H-pyrrole nitrogens is 1. The Morgan fingerprint density at radius 3 is 2.75 bits per heavy atom. The molecule has 6 heterocycles. The molecule has 0 aliphatic carbocycles. The van der Waals surface area contributed by atoms with Gasteiger partial charge in [0, 0.05) is 61.0 Å². The number of halogens is 2. The lowest BCUT2D eigenvalue weighted by Crippen LogP contribution is -2.52. The van der Waals surface area contributed by atoms with Gasteiger partial charge < -0.3 is 45.1 Å². The Labute approximate surface area is 351 Å². The van der Waals surface area contributed by atoms with Crippen LogP contribution >= 0.6 is 11.6 Å². The normalized spacial score (nSPS) is 18.5. The number of aryl methyl sites for hydroxylation is 1. The van der Waals surface area contributed by atoms with E-state index in [0.29, 0.717) is 45.4 Å². The maximum atomic E-state index is 15.4. The zero-order valence-corrected chi connectivity index (χ0v) is 33.5. The molecule has 6 amide bonds. The fourth-order valence-electron chi connectivity index (χ4n) is 7.25. The molecule has 8 rings (SSSR count). The molecule has 6 N–H and O–H groups in total. The second-order valence-corrected chi connectivity index (χ2v) is 15.0. The fraction of sp³-hybridized carbons (Fsp3) is 0.308. The highest BCUT2D eigenvalue weighted by molar-refractivity contribution is 6.31. The number of amides is 6. The van der Waals surface area contributed by atoms with Crippen LogP contribution in [0.3, 0.4) is 0 Å². The van der Waals surface area contributed by atoms with Crippen molar-refractivity contribution in [1.29, 1.82) is 0 Å². The lowest BCUT2D eigenvalue weighted by atomic mass is 10.0. The second-order valence-electron chi connectivity index (χ2n) is 14.6. The van der Waals surface area contributed by atoms with Gasteiger partial charge in [-0.25, -0.2) is 19.3 Å². The molecule has 1 unspecified atom stereocenters. The molecule has 3 aliphatic heterocycles. The van der Waals surface area contributed by atoms with Crippen LogP contribution in [0.25, 0.3) is 11.2 Å². The average Bonchev–Trinajstić information content (AvgIpc) is 4.01. The van der Waals surface area contributed by atoms with Crippen molar-refractivity contribution in [2.45, 2.75) is 44.2 Å². The van der Waals surface area contributed by atoms with Crippen LogP contribution in [0.1, 0.15) is 34.3 Å². The number of alkyl halides is 1. The van der Waals surface area contributed by atoms with Crippen LogP contribution in [-0.4, -0.2) is 109 Å². The van der Waals surface area contributed by atoms with Crippen LogP contribution in [0.15, 0.2) is 61.1 Å². The summed E-state index contributed by atoms with van der Waals surface area (Å²) >= 11 is 6.32. The number of imide groups is 1. The number of carbonyl (C=O) groups excluding carboxylic acids is 5. The van der Waals surface area contributed by atoms with Crippen LogP contribution in [0.4, 0.5) is 32.3 Å². The molecule has 61 heavy (non-hydrogen) atoms. The quantitative estimate of drug-likeness (QED) is 0.0739. The van der Waals surface area contributed by atoms with Crippen molar-refractivity contribution < 1.29 is 37.8 Å². The zero-order chi connectivity index (χ0) is 42.9. The monoisotopic (exact) mass is 855 g/mol. The fourth-order valence-corrected chi connectivity index (χ4v) is 7.48. The van der Waals surface area contributed by atoms with Crippen LogP contribution in [0.5, 0.6) is 11.6 Å². The number of piperidine rings is 1. The summed E-state index contributed by atoms with van der Waals surface area (Å²) < 4.78 is 28.2. The van der Waals surface area contributed by atoms with Gasteiger partial charge in [-0.2, -0.15) is 15.1 Å².